The summed E-state index contributed by atoms with van der Waals surface area (Å²) in [6, 6.07) is 21.5. The molecule has 1 fully saturated rings. The van der Waals surface area contributed by atoms with Gasteiger partial charge in [0.05, 0.1) is 10.9 Å². The number of hydrogen-bond donors (Lipinski definition) is 1. The summed E-state index contributed by atoms with van der Waals surface area (Å²) in [5.41, 5.74) is 2.37. The highest BCUT2D eigenvalue weighted by Crippen LogP contribution is 2.30. The van der Waals surface area contributed by atoms with Gasteiger partial charge in [0, 0.05) is 43.6 Å². The first kappa shape index (κ1) is 23.1. The summed E-state index contributed by atoms with van der Waals surface area (Å²) < 4.78 is 29.0. The van der Waals surface area contributed by atoms with Gasteiger partial charge in [-0.25, -0.2) is 13.1 Å². The van der Waals surface area contributed by atoms with Crippen molar-refractivity contribution in [1.82, 2.24) is 14.5 Å². The molecular formula is C25H31N3O2S2. The van der Waals surface area contributed by atoms with Gasteiger partial charge in [-0.3, -0.25) is 9.80 Å². The standard InChI is InChI=1S/C25H31N3O2S2/c1-20-10-12-23(13-11-20)32(29,30)26-21(2)25(24-9-6-18-31-24)28-16-14-27(15-17-28)19-22-7-4-3-5-8-22/h3-13,18,21,25-26H,14-17,19H2,1-2H3. The Bertz CT molecular complexity index is 1080. The van der Waals surface area contributed by atoms with E-state index in [4.69, 9.17) is 0 Å². The van der Waals surface area contributed by atoms with Crippen LogP contribution >= 0.6 is 11.3 Å². The van der Waals surface area contributed by atoms with Crippen LogP contribution in [0.15, 0.2) is 77.0 Å². The molecule has 7 heteroatoms. The third kappa shape index (κ3) is 5.66. The van der Waals surface area contributed by atoms with E-state index in [1.54, 1.807) is 23.5 Å². The Kier molecular flexibility index (Phi) is 7.43. The maximum Gasteiger partial charge on any atom is 0.240 e. The Morgan fingerprint density at radius 1 is 0.938 bits per heavy atom. The van der Waals surface area contributed by atoms with E-state index in [0.29, 0.717) is 4.90 Å². The molecule has 1 aliphatic heterocycles. The van der Waals surface area contributed by atoms with Crippen LogP contribution in [0.25, 0.3) is 0 Å². The minimum absolute atomic E-state index is 0.00842. The van der Waals surface area contributed by atoms with Gasteiger partial charge in [-0.1, -0.05) is 54.1 Å². The van der Waals surface area contributed by atoms with E-state index in [9.17, 15) is 8.42 Å². The summed E-state index contributed by atoms with van der Waals surface area (Å²) in [6.07, 6.45) is 0. The highest BCUT2D eigenvalue weighted by atomic mass is 32.2. The minimum Gasteiger partial charge on any atom is -0.297 e. The SMILES string of the molecule is Cc1ccc(S(=O)(=O)NC(C)C(c2cccs2)N2CCN(Cc3ccccc3)CC2)cc1. The number of thiophene rings is 1. The van der Waals surface area contributed by atoms with Gasteiger partial charge in [0.2, 0.25) is 10.0 Å². The van der Waals surface area contributed by atoms with Crippen LogP contribution in [-0.2, 0) is 16.6 Å². The van der Waals surface area contributed by atoms with Crippen LogP contribution < -0.4 is 4.72 Å². The van der Waals surface area contributed by atoms with Gasteiger partial charge < -0.3 is 0 Å². The van der Waals surface area contributed by atoms with E-state index >= 15 is 0 Å². The van der Waals surface area contributed by atoms with Gasteiger partial charge >= 0.3 is 0 Å². The number of aryl methyl sites for hydroxylation is 1. The maximum absolute atomic E-state index is 13.0. The Balaban J connectivity index is 1.45. The average Bonchev–Trinajstić information content (AvgIpc) is 3.30. The average molecular weight is 470 g/mol. The van der Waals surface area contributed by atoms with Crippen molar-refractivity contribution in [3.63, 3.8) is 0 Å². The van der Waals surface area contributed by atoms with E-state index < -0.39 is 10.0 Å². The molecule has 0 spiro atoms. The number of piperazine rings is 1. The van der Waals surface area contributed by atoms with E-state index in [1.165, 1.54) is 10.4 Å². The Labute approximate surface area is 195 Å². The molecule has 3 aromatic rings. The van der Waals surface area contributed by atoms with Crippen molar-refractivity contribution in [2.45, 2.75) is 37.4 Å². The van der Waals surface area contributed by atoms with Crippen molar-refractivity contribution in [3.05, 3.63) is 88.1 Å². The molecule has 1 saturated heterocycles. The Morgan fingerprint density at radius 3 is 2.25 bits per heavy atom. The monoisotopic (exact) mass is 469 g/mol. The fraction of sp³-hybridized carbons (Fsp3) is 0.360. The molecule has 0 amide bonds. The van der Waals surface area contributed by atoms with Crippen LogP contribution in [0, 0.1) is 6.92 Å². The van der Waals surface area contributed by atoms with Crippen LogP contribution in [0.3, 0.4) is 0 Å². The zero-order chi connectivity index (χ0) is 22.6. The summed E-state index contributed by atoms with van der Waals surface area (Å²) >= 11 is 1.69. The molecule has 4 rings (SSSR count). The van der Waals surface area contributed by atoms with Crippen molar-refractivity contribution < 1.29 is 8.42 Å². The third-order valence-corrected chi connectivity index (χ3v) is 8.55. The highest BCUT2D eigenvalue weighted by Gasteiger charge is 2.32. The Morgan fingerprint density at radius 2 is 1.62 bits per heavy atom. The van der Waals surface area contributed by atoms with Gasteiger partial charge in [0.15, 0.2) is 0 Å². The lowest BCUT2D eigenvalue weighted by Crippen LogP contribution is -2.52. The van der Waals surface area contributed by atoms with Gasteiger partial charge in [0.25, 0.3) is 0 Å². The van der Waals surface area contributed by atoms with Gasteiger partial charge in [-0.15, -0.1) is 11.3 Å². The fourth-order valence-electron chi connectivity index (χ4n) is 4.34. The highest BCUT2D eigenvalue weighted by molar-refractivity contribution is 7.89. The van der Waals surface area contributed by atoms with Gasteiger partial charge in [-0.05, 0) is 43.0 Å². The van der Waals surface area contributed by atoms with E-state index in [0.717, 1.165) is 38.3 Å². The molecule has 1 N–H and O–H groups in total. The number of nitrogens with zero attached hydrogens (tertiary/aromatic N) is 2. The molecule has 1 aliphatic rings. The largest absolute Gasteiger partial charge is 0.297 e. The molecule has 2 aromatic carbocycles. The molecule has 0 bridgehead atoms. The number of sulfonamides is 1. The predicted molar refractivity (Wildman–Crippen MR) is 131 cm³/mol. The van der Waals surface area contributed by atoms with Crippen LogP contribution in [-0.4, -0.2) is 50.4 Å². The second-order valence-corrected chi connectivity index (χ2v) is 11.2. The molecule has 0 saturated carbocycles. The van der Waals surface area contributed by atoms with E-state index in [1.807, 2.05) is 38.1 Å². The van der Waals surface area contributed by atoms with Crippen molar-refractivity contribution in [2.75, 3.05) is 26.2 Å². The molecular weight excluding hydrogens is 438 g/mol. The topological polar surface area (TPSA) is 52.7 Å². The van der Waals surface area contributed by atoms with Crippen molar-refractivity contribution in [2.24, 2.45) is 0 Å². The lowest BCUT2D eigenvalue weighted by Gasteiger charge is -2.41. The quantitative estimate of drug-likeness (QED) is 0.535. The molecule has 2 atom stereocenters. The lowest BCUT2D eigenvalue weighted by atomic mass is 10.1. The van der Waals surface area contributed by atoms with Crippen molar-refractivity contribution in [1.29, 1.82) is 0 Å². The van der Waals surface area contributed by atoms with Crippen LogP contribution in [0.1, 0.15) is 29.0 Å². The normalized spacial score (nSPS) is 17.8. The third-order valence-electron chi connectivity index (χ3n) is 6.03. The molecule has 0 radical (unpaired) electrons. The van der Waals surface area contributed by atoms with Crippen LogP contribution in [0.4, 0.5) is 0 Å². The summed E-state index contributed by atoms with van der Waals surface area (Å²) in [4.78, 5) is 6.40. The van der Waals surface area contributed by atoms with Gasteiger partial charge in [-0.2, -0.15) is 0 Å². The van der Waals surface area contributed by atoms with Gasteiger partial charge in [0.1, 0.15) is 0 Å². The first-order valence-corrected chi connectivity index (χ1v) is 13.4. The van der Waals surface area contributed by atoms with Crippen LogP contribution in [0.5, 0.6) is 0 Å². The molecule has 2 heterocycles. The first-order chi connectivity index (χ1) is 15.4. The molecule has 32 heavy (non-hydrogen) atoms. The minimum atomic E-state index is -3.58. The second kappa shape index (κ2) is 10.3. The number of hydrogen-bond acceptors (Lipinski definition) is 5. The molecule has 2 unspecified atom stereocenters. The van der Waals surface area contributed by atoms with E-state index in [2.05, 4.69) is 50.2 Å². The Hall–Kier alpha value is -2.03. The summed E-state index contributed by atoms with van der Waals surface area (Å²) in [5.74, 6) is 0. The number of benzene rings is 2. The predicted octanol–water partition coefficient (Wildman–Crippen LogP) is 4.28. The maximum atomic E-state index is 13.0. The summed E-state index contributed by atoms with van der Waals surface area (Å²) in [5, 5.41) is 2.06. The summed E-state index contributed by atoms with van der Waals surface area (Å²) in [6.45, 7) is 8.64. The van der Waals surface area contributed by atoms with E-state index in [-0.39, 0.29) is 12.1 Å². The summed E-state index contributed by atoms with van der Waals surface area (Å²) in [7, 11) is -3.58. The fourth-order valence-corrected chi connectivity index (χ4v) is 6.55. The van der Waals surface area contributed by atoms with Crippen molar-refractivity contribution >= 4 is 21.4 Å². The molecule has 1 aromatic heterocycles. The lowest BCUT2D eigenvalue weighted by molar-refractivity contribution is 0.0819. The molecule has 5 nitrogen and oxygen atoms in total. The molecule has 0 aliphatic carbocycles. The zero-order valence-electron chi connectivity index (χ0n) is 18.6. The van der Waals surface area contributed by atoms with Crippen molar-refractivity contribution in [3.8, 4) is 0 Å². The smallest absolute Gasteiger partial charge is 0.240 e. The number of nitrogens with one attached hydrogen (secondary N) is 1. The number of rotatable bonds is 8. The van der Waals surface area contributed by atoms with Crippen LogP contribution in [0.2, 0.25) is 0 Å². The first-order valence-electron chi connectivity index (χ1n) is 11.0. The zero-order valence-corrected chi connectivity index (χ0v) is 20.3. The molecule has 170 valence electrons. The second-order valence-electron chi connectivity index (χ2n) is 8.48.